The van der Waals surface area contributed by atoms with Crippen LogP contribution in [0.25, 0.3) is 0 Å². The molecule has 4 nitrogen and oxygen atoms in total. The van der Waals surface area contributed by atoms with Gasteiger partial charge in [0.2, 0.25) is 0 Å². The number of hydrogen-bond acceptors (Lipinski definition) is 4. The molecular formula is C12H18BrNO3S. The van der Waals surface area contributed by atoms with Gasteiger partial charge >= 0.3 is 0 Å². The SMILES string of the molecule is COc1ccc(Br)c(CS(=O)(=O)C(C)CCN)c1. The summed E-state index contributed by atoms with van der Waals surface area (Å²) >= 11 is 3.36. The van der Waals surface area contributed by atoms with Crippen molar-refractivity contribution in [3.05, 3.63) is 28.2 Å². The van der Waals surface area contributed by atoms with Gasteiger partial charge in [0.1, 0.15) is 5.75 Å². The highest BCUT2D eigenvalue weighted by atomic mass is 79.9. The minimum absolute atomic E-state index is 0.00799. The molecule has 2 N–H and O–H groups in total. The smallest absolute Gasteiger partial charge is 0.157 e. The molecule has 0 saturated heterocycles. The van der Waals surface area contributed by atoms with E-state index in [1.54, 1.807) is 32.2 Å². The molecule has 0 fully saturated rings. The Kier molecular flexibility index (Phi) is 5.62. The standard InChI is InChI=1S/C12H18BrNO3S/c1-9(5-6-14)18(15,16)8-10-7-11(17-2)3-4-12(10)13/h3-4,7,9H,5-6,8,14H2,1-2H3. The molecule has 1 aromatic carbocycles. The molecule has 0 amide bonds. The van der Waals surface area contributed by atoms with Crippen LogP contribution in [0.1, 0.15) is 18.9 Å². The van der Waals surface area contributed by atoms with Gasteiger partial charge in [0.05, 0.1) is 18.1 Å². The maximum atomic E-state index is 12.1. The summed E-state index contributed by atoms with van der Waals surface area (Å²) in [5.41, 5.74) is 6.11. The molecule has 18 heavy (non-hydrogen) atoms. The van der Waals surface area contributed by atoms with E-state index in [0.717, 1.165) is 4.47 Å². The lowest BCUT2D eigenvalue weighted by Gasteiger charge is -2.13. The summed E-state index contributed by atoms with van der Waals surface area (Å²) in [6.45, 7) is 2.07. The quantitative estimate of drug-likeness (QED) is 0.864. The van der Waals surface area contributed by atoms with Crippen LogP contribution in [0.5, 0.6) is 5.75 Å². The first-order chi connectivity index (χ1) is 8.40. The molecule has 0 aromatic heterocycles. The Hall–Kier alpha value is -0.590. The van der Waals surface area contributed by atoms with Crippen LogP contribution in [0.2, 0.25) is 0 Å². The maximum absolute atomic E-state index is 12.1. The van der Waals surface area contributed by atoms with Crippen LogP contribution in [0.3, 0.4) is 0 Å². The van der Waals surface area contributed by atoms with Crippen molar-refractivity contribution >= 4 is 25.8 Å². The Morgan fingerprint density at radius 1 is 1.44 bits per heavy atom. The predicted molar refractivity (Wildman–Crippen MR) is 76.5 cm³/mol. The number of methoxy groups -OCH3 is 1. The molecule has 1 unspecified atom stereocenters. The fourth-order valence-corrected chi connectivity index (χ4v) is 3.59. The normalized spacial score (nSPS) is 13.3. The van der Waals surface area contributed by atoms with E-state index in [1.165, 1.54) is 0 Å². The highest BCUT2D eigenvalue weighted by molar-refractivity contribution is 9.10. The van der Waals surface area contributed by atoms with Crippen molar-refractivity contribution in [1.29, 1.82) is 0 Å². The monoisotopic (exact) mass is 335 g/mol. The topological polar surface area (TPSA) is 69.4 Å². The molecule has 1 atom stereocenters. The lowest BCUT2D eigenvalue weighted by Crippen LogP contribution is -2.23. The lowest BCUT2D eigenvalue weighted by atomic mass is 10.2. The summed E-state index contributed by atoms with van der Waals surface area (Å²) in [4.78, 5) is 0. The third-order valence-corrected chi connectivity index (χ3v) is 5.74. The third kappa shape index (κ3) is 3.96. The van der Waals surface area contributed by atoms with Gasteiger partial charge in [0, 0.05) is 4.47 Å². The van der Waals surface area contributed by atoms with Crippen molar-refractivity contribution in [2.24, 2.45) is 5.73 Å². The van der Waals surface area contributed by atoms with Gasteiger partial charge in [-0.1, -0.05) is 15.9 Å². The minimum atomic E-state index is -3.19. The Morgan fingerprint density at radius 3 is 2.67 bits per heavy atom. The van der Waals surface area contributed by atoms with Crippen LogP contribution in [-0.4, -0.2) is 27.3 Å². The van der Waals surface area contributed by atoms with E-state index in [4.69, 9.17) is 10.5 Å². The Labute approximate surface area is 117 Å². The van der Waals surface area contributed by atoms with Crippen molar-refractivity contribution in [1.82, 2.24) is 0 Å². The van der Waals surface area contributed by atoms with E-state index >= 15 is 0 Å². The summed E-state index contributed by atoms with van der Waals surface area (Å²) in [5.74, 6) is 0.640. The molecule has 0 radical (unpaired) electrons. The minimum Gasteiger partial charge on any atom is -0.497 e. The van der Waals surface area contributed by atoms with Gasteiger partial charge in [-0.15, -0.1) is 0 Å². The number of sulfone groups is 1. The predicted octanol–water partition coefficient (Wildman–Crippen LogP) is 2.11. The molecule has 0 spiro atoms. The zero-order valence-electron chi connectivity index (χ0n) is 10.5. The first-order valence-corrected chi connectivity index (χ1v) is 8.15. The zero-order chi connectivity index (χ0) is 13.8. The molecule has 0 aliphatic heterocycles. The van der Waals surface area contributed by atoms with Crippen molar-refractivity contribution in [3.8, 4) is 5.75 Å². The van der Waals surface area contributed by atoms with Crippen LogP contribution >= 0.6 is 15.9 Å². The summed E-state index contributed by atoms with van der Waals surface area (Å²) in [7, 11) is -1.63. The second-order valence-electron chi connectivity index (χ2n) is 4.15. The van der Waals surface area contributed by atoms with E-state index < -0.39 is 15.1 Å². The molecule has 1 rings (SSSR count). The van der Waals surface area contributed by atoms with Crippen molar-refractivity contribution in [2.45, 2.75) is 24.3 Å². The van der Waals surface area contributed by atoms with Crippen LogP contribution in [0.15, 0.2) is 22.7 Å². The number of benzene rings is 1. The molecule has 0 heterocycles. The molecule has 0 aliphatic rings. The van der Waals surface area contributed by atoms with Crippen molar-refractivity contribution in [3.63, 3.8) is 0 Å². The Bertz CT molecular complexity index is 502. The molecule has 0 aliphatic carbocycles. The summed E-state index contributed by atoms with van der Waals surface area (Å²) < 4.78 is 30.1. The average Bonchev–Trinajstić information content (AvgIpc) is 2.32. The summed E-state index contributed by atoms with van der Waals surface area (Å²) in [6, 6.07) is 5.30. The van der Waals surface area contributed by atoms with Gasteiger partial charge in [-0.25, -0.2) is 8.42 Å². The molecule has 1 aromatic rings. The van der Waals surface area contributed by atoms with Gasteiger partial charge in [-0.2, -0.15) is 0 Å². The molecular weight excluding hydrogens is 318 g/mol. The second kappa shape index (κ2) is 6.54. The van der Waals surface area contributed by atoms with Crippen LogP contribution in [-0.2, 0) is 15.6 Å². The summed E-state index contributed by atoms with van der Waals surface area (Å²) in [5, 5.41) is -0.430. The first-order valence-electron chi connectivity index (χ1n) is 5.64. The summed E-state index contributed by atoms with van der Waals surface area (Å²) in [6.07, 6.45) is 0.476. The molecule has 102 valence electrons. The van der Waals surface area contributed by atoms with E-state index in [9.17, 15) is 8.42 Å². The average molecular weight is 336 g/mol. The molecule has 0 bridgehead atoms. The van der Waals surface area contributed by atoms with E-state index in [0.29, 0.717) is 24.3 Å². The number of nitrogens with two attached hydrogens (primary N) is 1. The Morgan fingerprint density at radius 2 is 2.11 bits per heavy atom. The van der Waals surface area contributed by atoms with Gasteiger partial charge < -0.3 is 10.5 Å². The van der Waals surface area contributed by atoms with Crippen LogP contribution in [0.4, 0.5) is 0 Å². The van der Waals surface area contributed by atoms with Gasteiger partial charge in [0.25, 0.3) is 0 Å². The van der Waals surface area contributed by atoms with Gasteiger partial charge in [-0.3, -0.25) is 0 Å². The number of halogens is 1. The van der Waals surface area contributed by atoms with Crippen molar-refractivity contribution in [2.75, 3.05) is 13.7 Å². The second-order valence-corrected chi connectivity index (χ2v) is 7.43. The fourth-order valence-electron chi connectivity index (χ4n) is 1.56. The maximum Gasteiger partial charge on any atom is 0.157 e. The van der Waals surface area contributed by atoms with E-state index in [-0.39, 0.29) is 5.75 Å². The lowest BCUT2D eigenvalue weighted by molar-refractivity contribution is 0.414. The number of rotatable bonds is 6. The first kappa shape index (κ1) is 15.5. The molecule has 6 heteroatoms. The Balaban J connectivity index is 2.96. The van der Waals surface area contributed by atoms with E-state index in [1.807, 2.05) is 0 Å². The van der Waals surface area contributed by atoms with Crippen LogP contribution in [0, 0.1) is 0 Å². The van der Waals surface area contributed by atoms with Crippen molar-refractivity contribution < 1.29 is 13.2 Å². The van der Waals surface area contributed by atoms with E-state index in [2.05, 4.69) is 15.9 Å². The zero-order valence-corrected chi connectivity index (χ0v) is 12.9. The largest absolute Gasteiger partial charge is 0.497 e. The highest BCUT2D eigenvalue weighted by Crippen LogP contribution is 2.25. The molecule has 0 saturated carbocycles. The van der Waals surface area contributed by atoms with Gasteiger partial charge in [-0.05, 0) is 43.7 Å². The highest BCUT2D eigenvalue weighted by Gasteiger charge is 2.21. The third-order valence-electron chi connectivity index (χ3n) is 2.80. The number of hydrogen-bond donors (Lipinski definition) is 1. The van der Waals surface area contributed by atoms with Crippen LogP contribution < -0.4 is 10.5 Å². The fraction of sp³-hybridized carbons (Fsp3) is 0.500. The van der Waals surface area contributed by atoms with Gasteiger partial charge in [0.15, 0.2) is 9.84 Å². The number of ether oxygens (including phenoxy) is 1.